The van der Waals surface area contributed by atoms with E-state index in [1.165, 1.54) is 0 Å². The number of amides is 6. The van der Waals surface area contributed by atoms with Gasteiger partial charge in [0, 0.05) is 53.8 Å². The fraction of sp³-hybridized carbons (Fsp3) is 0.533. The fourth-order valence-electron chi connectivity index (χ4n) is 5.70. The lowest BCUT2D eigenvalue weighted by Crippen LogP contribution is -2.49. The third-order valence-corrected chi connectivity index (χ3v) is 17.1. The van der Waals surface area contributed by atoms with Crippen molar-refractivity contribution in [1.29, 1.82) is 0 Å². The Kier molecular flexibility index (Phi) is 37.7. The Bertz CT molecular complexity index is 2230. The third kappa shape index (κ3) is 34.1. The average molecular weight is 1310 g/mol. The minimum Gasteiger partial charge on any atom is -0.480 e. The summed E-state index contributed by atoms with van der Waals surface area (Å²) in [5, 5.41) is 67.4. The molecule has 0 fully saturated rings. The van der Waals surface area contributed by atoms with Crippen LogP contribution in [0, 0.1) is 0 Å². The molecule has 0 heterocycles. The molecule has 0 bridgehead atoms. The van der Waals surface area contributed by atoms with Gasteiger partial charge in [0.1, 0.15) is 75.7 Å². The first-order chi connectivity index (χ1) is 39.6. The molecule has 39 heteroatoms. The first kappa shape index (κ1) is 75.3. The molecule has 18 N–H and O–H groups in total. The Hall–Kier alpha value is -6.75. The van der Waals surface area contributed by atoms with Crippen molar-refractivity contribution in [2.75, 3.05) is 74.0 Å². The van der Waals surface area contributed by atoms with Gasteiger partial charge in [-0.15, -0.1) is 0 Å². The highest BCUT2D eigenvalue weighted by Crippen LogP contribution is 2.25. The topological polar surface area (TPSA) is 555 Å². The highest BCUT2D eigenvalue weighted by atomic mass is 33.1. The van der Waals surface area contributed by atoms with Crippen molar-refractivity contribution in [3.8, 4) is 0 Å². The van der Waals surface area contributed by atoms with E-state index >= 15 is 0 Å². The van der Waals surface area contributed by atoms with Crippen LogP contribution in [0.4, 0.5) is 0 Å². The summed E-state index contributed by atoms with van der Waals surface area (Å²) in [4.78, 5) is 182. The van der Waals surface area contributed by atoms with Gasteiger partial charge in [-0.2, -0.15) is 0 Å². The zero-order valence-electron chi connectivity index (χ0n) is 44.1. The molecule has 6 atom stereocenters. The monoisotopic (exact) mass is 1310 g/mol. The van der Waals surface area contributed by atoms with Gasteiger partial charge < -0.3 is 94.0 Å². The number of hydrogen-bond acceptors (Lipinski definition) is 27. The van der Waals surface area contributed by atoms with E-state index in [0.717, 1.165) is 83.0 Å². The molecule has 0 saturated carbocycles. The first-order valence-electron chi connectivity index (χ1n) is 24.3. The Morgan fingerprint density at radius 2 is 0.631 bits per heavy atom. The van der Waals surface area contributed by atoms with Gasteiger partial charge in [-0.25, -0.2) is 14.4 Å². The van der Waals surface area contributed by atoms with Crippen molar-refractivity contribution in [3.63, 3.8) is 0 Å². The van der Waals surface area contributed by atoms with Crippen molar-refractivity contribution in [3.05, 3.63) is 34.9 Å². The summed E-state index contributed by atoms with van der Waals surface area (Å²) >= 11 is 0. The maximum atomic E-state index is 13.4. The maximum Gasteiger partial charge on any atom is 0.338 e. The Morgan fingerprint density at radius 3 is 0.845 bits per heavy atom. The van der Waals surface area contributed by atoms with Crippen LogP contribution in [0.2, 0.25) is 0 Å². The van der Waals surface area contributed by atoms with Gasteiger partial charge in [0.2, 0.25) is 35.4 Å². The van der Waals surface area contributed by atoms with E-state index < -0.39 is 145 Å². The molecule has 468 valence electrons. The molecule has 0 aliphatic carbocycles. The lowest BCUT2D eigenvalue weighted by Gasteiger charge is -2.18. The van der Waals surface area contributed by atoms with E-state index in [1.807, 2.05) is 0 Å². The molecule has 1 aromatic rings. The van der Waals surface area contributed by atoms with E-state index in [4.69, 9.17) is 62.1 Å². The molecular formula is C45H63N9O24S6. The van der Waals surface area contributed by atoms with E-state index in [9.17, 15) is 71.9 Å². The summed E-state index contributed by atoms with van der Waals surface area (Å²) in [5.41, 5.74) is 15.3. The van der Waals surface area contributed by atoms with E-state index in [0.29, 0.717) is 0 Å². The van der Waals surface area contributed by atoms with Crippen LogP contribution in [0.1, 0.15) is 69.6 Å². The second-order valence-corrected chi connectivity index (χ2v) is 24.6. The number of esters is 3. The number of hydrogen-bond donors (Lipinski definition) is 15. The van der Waals surface area contributed by atoms with Crippen LogP contribution in [0.5, 0.6) is 0 Å². The number of benzene rings is 1. The molecule has 1 aromatic carbocycles. The predicted molar refractivity (Wildman–Crippen MR) is 304 cm³/mol. The summed E-state index contributed by atoms with van der Waals surface area (Å²) in [6, 6.07) is -4.75. The summed E-state index contributed by atoms with van der Waals surface area (Å²) in [6.45, 7) is -3.23. The van der Waals surface area contributed by atoms with Crippen LogP contribution in [0.25, 0.3) is 0 Å². The van der Waals surface area contributed by atoms with Gasteiger partial charge in [-0.1, -0.05) is 64.8 Å². The normalized spacial score (nSPS) is 12.9. The first-order valence-corrected chi connectivity index (χ1v) is 31.8. The van der Waals surface area contributed by atoms with E-state index in [-0.39, 0.29) is 110 Å². The zero-order valence-corrected chi connectivity index (χ0v) is 49.0. The molecule has 33 nitrogen and oxygen atoms in total. The Morgan fingerprint density at radius 1 is 0.393 bits per heavy atom. The number of rotatable bonds is 45. The Labute approximate surface area is 500 Å². The van der Waals surface area contributed by atoms with Crippen molar-refractivity contribution in [1.82, 2.24) is 31.9 Å². The third-order valence-electron chi connectivity index (χ3n) is 9.99. The minimum atomic E-state index is -1.37. The quantitative estimate of drug-likeness (QED) is 0.0133. The summed E-state index contributed by atoms with van der Waals surface area (Å²) in [6.07, 6.45) is -1.88. The molecule has 0 radical (unpaired) electrons. The van der Waals surface area contributed by atoms with E-state index in [2.05, 4.69) is 31.9 Å². The van der Waals surface area contributed by atoms with Crippen molar-refractivity contribution in [2.45, 2.75) is 74.8 Å². The fourth-order valence-corrected chi connectivity index (χ4v) is 11.7. The highest BCUT2D eigenvalue weighted by Gasteiger charge is 2.27. The van der Waals surface area contributed by atoms with Gasteiger partial charge in [0.25, 0.3) is 0 Å². The average Bonchev–Trinajstić information content (AvgIpc) is 3.58. The minimum absolute atomic E-state index is 0.0481. The van der Waals surface area contributed by atoms with Gasteiger partial charge in [0.15, 0.2) is 0 Å². The smallest absolute Gasteiger partial charge is 0.338 e. The lowest BCUT2D eigenvalue weighted by molar-refractivity contribution is -0.140. The summed E-state index contributed by atoms with van der Waals surface area (Å²) < 4.78 is 16.1. The van der Waals surface area contributed by atoms with Crippen LogP contribution in [0.3, 0.4) is 0 Å². The molecule has 84 heavy (non-hydrogen) atoms. The molecule has 0 aromatic heterocycles. The molecule has 0 spiro atoms. The maximum absolute atomic E-state index is 13.4. The molecule has 0 saturated heterocycles. The number of nitrogens with one attached hydrogen (secondary N) is 6. The second kappa shape index (κ2) is 42.1. The number of carbonyl (C=O) groups is 15. The number of aliphatic carboxylic acids is 6. The predicted octanol–water partition coefficient (Wildman–Crippen LogP) is -3.07. The van der Waals surface area contributed by atoms with Gasteiger partial charge >= 0.3 is 53.7 Å². The molecule has 0 unspecified atom stereocenters. The standard InChI is InChI=1S/C45H63N9O24S6/c46-25(40(67)68)1-4-31(55)52-28(37(64)49-16-34(58)59)19-82-79-10-7-76-43(73)22-13-23(44(74)77-8-11-80-83-20-29(38(65)50-17-35(60)61)53-32(56)5-2-26(47)41(69)70)15-24(14-22)45(75)78-9-12-81-84-21-30(39(66)51-18-36(62)63)54-33(57)6-3-27(48)42(71)72/h13-15,25-30H,1-12,16-21,46-48H2,(H,49,64)(H,50,65)(H,51,66)(H,52,55)(H,53,56)(H,54,57)(H,58,59)(H,60,61)(H,62,63)(H,67,68)(H,69,70)(H,71,72)/t25-,26-,27-,28+,29+,30+/m0/s1. The zero-order chi connectivity index (χ0) is 63.3. The van der Waals surface area contributed by atoms with Crippen molar-refractivity contribution in [2.24, 2.45) is 17.2 Å². The van der Waals surface area contributed by atoms with Gasteiger partial charge in [0.05, 0.1) is 16.7 Å². The number of carbonyl (C=O) groups excluding carboxylic acids is 9. The van der Waals surface area contributed by atoms with Crippen LogP contribution < -0.4 is 49.1 Å². The number of carboxylic acids is 6. The van der Waals surface area contributed by atoms with E-state index in [1.54, 1.807) is 0 Å². The summed E-state index contributed by atoms with van der Waals surface area (Å²) in [7, 11) is 6.19. The van der Waals surface area contributed by atoms with Crippen LogP contribution in [-0.2, 0) is 71.7 Å². The Balaban J connectivity index is 3.15. The molecule has 6 amide bonds. The molecule has 0 aliphatic heterocycles. The number of carboxylic acid groups (broad SMARTS) is 6. The van der Waals surface area contributed by atoms with Crippen LogP contribution >= 0.6 is 64.8 Å². The van der Waals surface area contributed by atoms with Crippen molar-refractivity contribution < 1.29 is 117 Å². The van der Waals surface area contributed by atoms with Crippen LogP contribution in [-0.4, -0.2) is 230 Å². The molecule has 0 aliphatic rings. The van der Waals surface area contributed by atoms with Gasteiger partial charge in [-0.05, 0) is 37.5 Å². The summed E-state index contributed by atoms with van der Waals surface area (Å²) in [5.74, 6) is -16.4. The molecule has 1 rings (SSSR count). The highest BCUT2D eigenvalue weighted by molar-refractivity contribution is 8.77. The van der Waals surface area contributed by atoms with Crippen LogP contribution in [0.15, 0.2) is 18.2 Å². The number of ether oxygens (including phenoxy) is 3. The van der Waals surface area contributed by atoms with Crippen molar-refractivity contribution >= 4 is 154 Å². The SMILES string of the molecule is N[C@@H](CCC(=O)N[C@H](CSSCCOC(=O)c1cc(C(=O)OCCSSC[C@@H](NC(=O)CC[C@H](N)C(=O)O)C(=O)NCC(=O)O)cc(C(=O)OCCSSC[C@@H](NC(=O)CC[C@H](N)C(=O)O)C(=O)NCC(=O)O)c1)C(=O)NCC(=O)O)C(=O)O. The van der Waals surface area contributed by atoms with Gasteiger partial charge in [-0.3, -0.25) is 57.5 Å². The largest absolute Gasteiger partial charge is 0.480 e. The second-order valence-electron chi connectivity index (χ2n) is 16.7. The number of nitrogens with two attached hydrogens (primary N) is 3. The lowest BCUT2D eigenvalue weighted by atomic mass is 10.1. The molecular weight excluding hydrogens is 1240 g/mol.